The van der Waals surface area contributed by atoms with E-state index in [0.717, 1.165) is 0 Å². The van der Waals surface area contributed by atoms with Crippen molar-refractivity contribution in [2.75, 3.05) is 0 Å². The molecule has 0 unspecified atom stereocenters. The minimum Gasteiger partial charge on any atom is -0.368 e. The molecule has 2 rings (SSSR count). The van der Waals surface area contributed by atoms with E-state index < -0.39 is 6.29 Å². The van der Waals surface area contributed by atoms with Crippen LogP contribution in [0.3, 0.4) is 0 Å². The average Bonchev–Trinajstić information content (AvgIpc) is 2.35. The van der Waals surface area contributed by atoms with Crippen LogP contribution in [-0.2, 0) is 4.74 Å². The first-order valence-corrected chi connectivity index (χ1v) is 5.10. The van der Waals surface area contributed by atoms with Gasteiger partial charge in [0.15, 0.2) is 6.29 Å². The molecule has 1 saturated carbocycles. The fraction of sp³-hybridized carbons (Fsp3) is 1.00. The number of rotatable bonds is 0. The largest absolute Gasteiger partial charge is 0.368 e. The van der Waals surface area contributed by atoms with Gasteiger partial charge in [-0.25, -0.2) is 0 Å². The van der Waals surface area contributed by atoms with Gasteiger partial charge in [0, 0.05) is 5.92 Å². The van der Waals surface area contributed by atoms with Crippen LogP contribution in [0.1, 0.15) is 34.6 Å². The minimum absolute atomic E-state index is 0.147. The Bertz CT molecular complexity index is 223. The fourth-order valence-corrected chi connectivity index (χ4v) is 2.90. The number of hydrogen-bond donors (Lipinski definition) is 1. The van der Waals surface area contributed by atoms with E-state index in [2.05, 4.69) is 34.6 Å². The van der Waals surface area contributed by atoms with Crippen molar-refractivity contribution in [3.8, 4) is 0 Å². The summed E-state index contributed by atoms with van der Waals surface area (Å²) in [5, 5.41) is 9.69. The molecule has 1 heterocycles. The Morgan fingerprint density at radius 2 is 1.69 bits per heavy atom. The Hall–Kier alpha value is -0.0800. The van der Waals surface area contributed by atoms with Gasteiger partial charge >= 0.3 is 0 Å². The molecule has 2 fully saturated rings. The Labute approximate surface area is 80.3 Å². The summed E-state index contributed by atoms with van der Waals surface area (Å²) in [6, 6.07) is 0. The molecular formula is C11H20O2. The predicted octanol–water partition coefficient (Wildman–Crippen LogP) is 2.02. The SMILES string of the molecule is CC(C)(C)[C@@H]1O[C@H](O)[C@H]2[C@@H]1C2(C)C. The lowest BCUT2D eigenvalue weighted by Crippen LogP contribution is -2.33. The molecule has 0 aromatic rings. The Kier molecular flexibility index (Phi) is 1.67. The van der Waals surface area contributed by atoms with Gasteiger partial charge in [0.25, 0.3) is 0 Å². The first kappa shape index (κ1) is 9.47. The van der Waals surface area contributed by atoms with Crippen LogP contribution in [0.15, 0.2) is 0 Å². The molecule has 1 saturated heterocycles. The van der Waals surface area contributed by atoms with Gasteiger partial charge in [0.05, 0.1) is 6.10 Å². The van der Waals surface area contributed by atoms with Crippen LogP contribution in [0, 0.1) is 22.7 Å². The van der Waals surface area contributed by atoms with Crippen molar-refractivity contribution in [2.45, 2.75) is 47.0 Å². The lowest BCUT2D eigenvalue weighted by molar-refractivity contribution is -0.154. The topological polar surface area (TPSA) is 29.5 Å². The summed E-state index contributed by atoms with van der Waals surface area (Å²) in [6.07, 6.45) is -0.299. The third-order valence-electron chi connectivity index (χ3n) is 3.77. The van der Waals surface area contributed by atoms with Gasteiger partial charge in [0.2, 0.25) is 0 Å². The highest BCUT2D eigenvalue weighted by atomic mass is 16.6. The fourth-order valence-electron chi connectivity index (χ4n) is 2.90. The van der Waals surface area contributed by atoms with Crippen molar-refractivity contribution in [2.24, 2.45) is 22.7 Å². The maximum atomic E-state index is 9.69. The summed E-state index contributed by atoms with van der Waals surface area (Å²) in [5.41, 5.74) is 0.434. The maximum absolute atomic E-state index is 9.69. The maximum Gasteiger partial charge on any atom is 0.158 e. The van der Waals surface area contributed by atoms with Crippen LogP contribution in [0.4, 0.5) is 0 Å². The summed E-state index contributed by atoms with van der Waals surface area (Å²) in [7, 11) is 0. The molecule has 0 bridgehead atoms. The number of hydrogen-bond acceptors (Lipinski definition) is 2. The molecule has 0 radical (unpaired) electrons. The van der Waals surface area contributed by atoms with Crippen molar-refractivity contribution < 1.29 is 9.84 Å². The number of aliphatic hydroxyl groups is 1. The number of aliphatic hydroxyl groups excluding tert-OH is 1. The standard InChI is InChI=1S/C11H20O2/c1-10(2,3)8-6-7(9(12)13-8)11(6,4)5/h6-9,12H,1-5H3/t6-,7+,8+,9-/m0/s1. The highest BCUT2D eigenvalue weighted by molar-refractivity contribution is 5.15. The molecule has 13 heavy (non-hydrogen) atoms. The summed E-state index contributed by atoms with van der Waals surface area (Å²) in [6.45, 7) is 11.0. The van der Waals surface area contributed by atoms with E-state index in [1.807, 2.05) is 0 Å². The van der Waals surface area contributed by atoms with Crippen LogP contribution in [0.5, 0.6) is 0 Å². The summed E-state index contributed by atoms with van der Waals surface area (Å²) >= 11 is 0. The molecule has 0 spiro atoms. The average molecular weight is 184 g/mol. The monoisotopic (exact) mass is 184 g/mol. The molecule has 1 N–H and O–H groups in total. The van der Waals surface area contributed by atoms with Crippen LogP contribution in [0.2, 0.25) is 0 Å². The van der Waals surface area contributed by atoms with E-state index in [1.54, 1.807) is 0 Å². The lowest BCUT2D eigenvalue weighted by Gasteiger charge is -2.31. The van der Waals surface area contributed by atoms with E-state index in [0.29, 0.717) is 11.8 Å². The van der Waals surface area contributed by atoms with E-state index in [9.17, 15) is 5.11 Å². The normalized spacial score (nSPS) is 47.5. The molecule has 0 amide bonds. The zero-order chi connectivity index (χ0) is 10.0. The predicted molar refractivity (Wildman–Crippen MR) is 51.1 cm³/mol. The van der Waals surface area contributed by atoms with Crippen molar-refractivity contribution in [3.05, 3.63) is 0 Å². The first-order chi connectivity index (χ1) is 5.76. The zero-order valence-corrected chi connectivity index (χ0v) is 9.16. The van der Waals surface area contributed by atoms with Crippen molar-refractivity contribution in [1.29, 1.82) is 0 Å². The van der Waals surface area contributed by atoms with E-state index in [4.69, 9.17) is 4.74 Å². The van der Waals surface area contributed by atoms with E-state index >= 15 is 0 Å². The Morgan fingerprint density at radius 3 is 1.92 bits per heavy atom. The third kappa shape index (κ3) is 1.15. The summed E-state index contributed by atoms with van der Waals surface area (Å²) in [4.78, 5) is 0. The lowest BCUT2D eigenvalue weighted by atomic mass is 9.84. The smallest absolute Gasteiger partial charge is 0.158 e. The second-order valence-corrected chi connectivity index (χ2v) is 6.19. The van der Waals surface area contributed by atoms with Gasteiger partial charge in [-0.05, 0) is 16.7 Å². The zero-order valence-electron chi connectivity index (χ0n) is 9.16. The second-order valence-electron chi connectivity index (χ2n) is 6.19. The molecule has 76 valence electrons. The van der Waals surface area contributed by atoms with Gasteiger partial charge in [-0.15, -0.1) is 0 Å². The molecule has 2 heteroatoms. The van der Waals surface area contributed by atoms with E-state index in [1.165, 1.54) is 0 Å². The molecule has 2 aliphatic rings. The summed E-state index contributed by atoms with van der Waals surface area (Å²) < 4.78 is 5.58. The number of fused-ring (bicyclic) bond motifs is 1. The molecule has 4 atom stereocenters. The molecule has 2 nitrogen and oxygen atoms in total. The molecule has 1 aliphatic heterocycles. The molecular weight excluding hydrogens is 164 g/mol. The van der Waals surface area contributed by atoms with Crippen LogP contribution >= 0.6 is 0 Å². The highest BCUT2D eigenvalue weighted by Gasteiger charge is 2.71. The quantitative estimate of drug-likeness (QED) is 0.624. The molecule has 0 aromatic carbocycles. The summed E-state index contributed by atoms with van der Waals surface area (Å²) in [5.74, 6) is 0.930. The van der Waals surface area contributed by atoms with Gasteiger partial charge < -0.3 is 9.84 Å². The van der Waals surface area contributed by atoms with Crippen molar-refractivity contribution in [1.82, 2.24) is 0 Å². The minimum atomic E-state index is -0.524. The van der Waals surface area contributed by atoms with Gasteiger partial charge in [-0.3, -0.25) is 0 Å². The van der Waals surface area contributed by atoms with Crippen molar-refractivity contribution in [3.63, 3.8) is 0 Å². The Morgan fingerprint density at radius 1 is 1.15 bits per heavy atom. The third-order valence-corrected chi connectivity index (χ3v) is 3.77. The van der Waals surface area contributed by atoms with Crippen molar-refractivity contribution >= 4 is 0 Å². The van der Waals surface area contributed by atoms with Gasteiger partial charge in [0.1, 0.15) is 0 Å². The number of ether oxygens (including phenoxy) is 1. The van der Waals surface area contributed by atoms with Gasteiger partial charge in [-0.1, -0.05) is 34.6 Å². The van der Waals surface area contributed by atoms with Crippen LogP contribution in [0.25, 0.3) is 0 Å². The van der Waals surface area contributed by atoms with Crippen LogP contribution in [-0.4, -0.2) is 17.5 Å². The Balaban J connectivity index is 2.19. The van der Waals surface area contributed by atoms with Crippen LogP contribution < -0.4 is 0 Å². The van der Waals surface area contributed by atoms with Gasteiger partial charge in [-0.2, -0.15) is 0 Å². The highest BCUT2D eigenvalue weighted by Crippen LogP contribution is 2.68. The molecule has 0 aromatic heterocycles. The van der Waals surface area contributed by atoms with E-state index in [-0.39, 0.29) is 16.9 Å². The molecule has 1 aliphatic carbocycles. The first-order valence-electron chi connectivity index (χ1n) is 5.10. The second kappa shape index (κ2) is 2.29.